The maximum absolute atomic E-state index is 12.4. The number of halogens is 4. The van der Waals surface area contributed by atoms with Crippen molar-refractivity contribution in [3.63, 3.8) is 0 Å². The minimum Gasteiger partial charge on any atom is -0.382 e. The molecule has 0 amide bonds. The van der Waals surface area contributed by atoms with Crippen LogP contribution in [0.15, 0.2) is 12.3 Å². The van der Waals surface area contributed by atoms with E-state index in [0.29, 0.717) is 19.8 Å². The molecule has 0 aliphatic heterocycles. The molecule has 1 N–H and O–H groups in total. The van der Waals surface area contributed by atoms with Crippen LogP contribution in [0, 0.1) is 0 Å². The first kappa shape index (κ1) is 15.0. The molecule has 0 spiro atoms. The summed E-state index contributed by atoms with van der Waals surface area (Å²) in [6.07, 6.45) is -2.94. The third-order valence-corrected chi connectivity index (χ3v) is 2.42. The number of nitrogens with one attached hydrogen (secondary N) is 1. The highest BCUT2D eigenvalue weighted by atomic mass is 35.5. The van der Waals surface area contributed by atoms with Crippen LogP contribution in [0.25, 0.3) is 0 Å². The van der Waals surface area contributed by atoms with Gasteiger partial charge in [0.05, 0.1) is 10.6 Å². The SMILES string of the molecule is CCOCCCNc1ncc(C(F)(F)F)cc1Cl. The van der Waals surface area contributed by atoms with Gasteiger partial charge in [0.2, 0.25) is 0 Å². The first-order chi connectivity index (χ1) is 8.45. The highest BCUT2D eigenvalue weighted by Crippen LogP contribution is 2.32. The summed E-state index contributed by atoms with van der Waals surface area (Å²) >= 11 is 5.72. The Hall–Kier alpha value is -1.01. The summed E-state index contributed by atoms with van der Waals surface area (Å²) in [5.41, 5.74) is -0.854. The Morgan fingerprint density at radius 3 is 2.72 bits per heavy atom. The van der Waals surface area contributed by atoms with Crippen molar-refractivity contribution in [3.05, 3.63) is 22.8 Å². The lowest BCUT2D eigenvalue weighted by molar-refractivity contribution is -0.137. The fraction of sp³-hybridized carbons (Fsp3) is 0.545. The molecule has 1 aromatic heterocycles. The molecule has 0 atom stereocenters. The van der Waals surface area contributed by atoms with E-state index in [1.807, 2.05) is 6.92 Å². The van der Waals surface area contributed by atoms with Crippen molar-refractivity contribution in [2.24, 2.45) is 0 Å². The second-order valence-corrected chi connectivity index (χ2v) is 3.94. The first-order valence-electron chi connectivity index (χ1n) is 5.49. The number of pyridine rings is 1. The highest BCUT2D eigenvalue weighted by Gasteiger charge is 2.31. The van der Waals surface area contributed by atoms with E-state index in [1.165, 1.54) is 0 Å². The summed E-state index contributed by atoms with van der Waals surface area (Å²) in [6, 6.07) is 0.861. The predicted molar refractivity (Wildman–Crippen MR) is 63.8 cm³/mol. The lowest BCUT2D eigenvalue weighted by Crippen LogP contribution is -2.10. The molecule has 102 valence electrons. The second kappa shape index (κ2) is 6.80. The van der Waals surface area contributed by atoms with Gasteiger partial charge in [-0.3, -0.25) is 0 Å². The molecule has 0 aromatic carbocycles. The number of aromatic nitrogens is 1. The molecule has 3 nitrogen and oxygen atoms in total. The van der Waals surface area contributed by atoms with E-state index in [0.717, 1.165) is 18.7 Å². The molecule has 1 heterocycles. The van der Waals surface area contributed by atoms with E-state index < -0.39 is 11.7 Å². The fourth-order valence-corrected chi connectivity index (χ4v) is 1.48. The van der Waals surface area contributed by atoms with Crippen LogP contribution in [0.2, 0.25) is 5.02 Å². The van der Waals surface area contributed by atoms with Gasteiger partial charge in [0.25, 0.3) is 0 Å². The molecule has 1 rings (SSSR count). The van der Waals surface area contributed by atoms with Gasteiger partial charge in [-0.15, -0.1) is 0 Å². The molecular formula is C11H14ClF3N2O. The lowest BCUT2D eigenvalue weighted by Gasteiger charge is -2.10. The van der Waals surface area contributed by atoms with Crippen LogP contribution >= 0.6 is 11.6 Å². The van der Waals surface area contributed by atoms with Crippen LogP contribution in [0.3, 0.4) is 0 Å². The normalized spacial score (nSPS) is 11.6. The average molecular weight is 283 g/mol. The minimum atomic E-state index is -4.43. The molecule has 0 saturated carbocycles. The molecular weight excluding hydrogens is 269 g/mol. The van der Waals surface area contributed by atoms with Crippen LogP contribution in [0.1, 0.15) is 18.9 Å². The quantitative estimate of drug-likeness (QED) is 0.810. The topological polar surface area (TPSA) is 34.1 Å². The van der Waals surface area contributed by atoms with E-state index in [1.54, 1.807) is 0 Å². The van der Waals surface area contributed by atoms with Gasteiger partial charge in [0, 0.05) is 26.0 Å². The van der Waals surface area contributed by atoms with Crippen LogP contribution in [0.4, 0.5) is 19.0 Å². The molecule has 0 aliphatic rings. The third-order valence-electron chi connectivity index (χ3n) is 2.13. The van der Waals surface area contributed by atoms with E-state index >= 15 is 0 Å². The Bertz CT molecular complexity index is 385. The van der Waals surface area contributed by atoms with E-state index in [2.05, 4.69) is 10.3 Å². The van der Waals surface area contributed by atoms with Gasteiger partial charge in [-0.05, 0) is 19.4 Å². The lowest BCUT2D eigenvalue weighted by atomic mass is 10.3. The first-order valence-corrected chi connectivity index (χ1v) is 5.87. The maximum Gasteiger partial charge on any atom is 0.417 e. The van der Waals surface area contributed by atoms with Gasteiger partial charge in [-0.25, -0.2) is 4.98 Å². The molecule has 1 aromatic rings. The number of anilines is 1. The molecule has 0 unspecified atom stereocenters. The number of hydrogen-bond donors (Lipinski definition) is 1. The highest BCUT2D eigenvalue weighted by molar-refractivity contribution is 6.32. The summed E-state index contributed by atoms with van der Waals surface area (Å²) < 4.78 is 42.2. The van der Waals surface area contributed by atoms with Crippen molar-refractivity contribution < 1.29 is 17.9 Å². The van der Waals surface area contributed by atoms with Gasteiger partial charge in [-0.2, -0.15) is 13.2 Å². The van der Waals surface area contributed by atoms with Crippen molar-refractivity contribution in [1.29, 1.82) is 0 Å². The van der Waals surface area contributed by atoms with Crippen molar-refractivity contribution in [3.8, 4) is 0 Å². The second-order valence-electron chi connectivity index (χ2n) is 3.53. The number of rotatable bonds is 6. The number of hydrogen-bond acceptors (Lipinski definition) is 3. The van der Waals surface area contributed by atoms with Gasteiger partial charge in [-0.1, -0.05) is 11.6 Å². The molecule has 0 radical (unpaired) electrons. The Kier molecular flexibility index (Phi) is 5.68. The van der Waals surface area contributed by atoms with E-state index in [4.69, 9.17) is 16.3 Å². The van der Waals surface area contributed by atoms with Gasteiger partial charge in [0.1, 0.15) is 5.82 Å². The Morgan fingerprint density at radius 2 is 2.17 bits per heavy atom. The molecule has 0 bridgehead atoms. The summed E-state index contributed by atoms with van der Waals surface area (Å²) in [7, 11) is 0. The van der Waals surface area contributed by atoms with Crippen molar-refractivity contribution in [1.82, 2.24) is 4.98 Å². The smallest absolute Gasteiger partial charge is 0.382 e. The van der Waals surface area contributed by atoms with Crippen LogP contribution in [0.5, 0.6) is 0 Å². The zero-order chi connectivity index (χ0) is 13.6. The maximum atomic E-state index is 12.4. The van der Waals surface area contributed by atoms with Crippen molar-refractivity contribution in [2.45, 2.75) is 19.5 Å². The molecule has 0 saturated heterocycles. The molecule has 0 aliphatic carbocycles. The summed E-state index contributed by atoms with van der Waals surface area (Å²) in [5, 5.41) is 2.82. The van der Waals surface area contributed by atoms with Gasteiger partial charge < -0.3 is 10.1 Å². The van der Waals surface area contributed by atoms with Crippen molar-refractivity contribution in [2.75, 3.05) is 25.1 Å². The summed E-state index contributed by atoms with van der Waals surface area (Å²) in [4.78, 5) is 3.66. The third kappa shape index (κ3) is 4.70. The van der Waals surface area contributed by atoms with Gasteiger partial charge >= 0.3 is 6.18 Å². The largest absolute Gasteiger partial charge is 0.417 e. The fourth-order valence-electron chi connectivity index (χ4n) is 1.25. The Balaban J connectivity index is 2.53. The molecule has 18 heavy (non-hydrogen) atoms. The zero-order valence-electron chi connectivity index (χ0n) is 9.85. The zero-order valence-corrected chi connectivity index (χ0v) is 10.6. The van der Waals surface area contributed by atoms with Crippen LogP contribution in [-0.4, -0.2) is 24.7 Å². The molecule has 0 fully saturated rings. The number of nitrogens with zero attached hydrogens (tertiary/aromatic N) is 1. The van der Waals surface area contributed by atoms with Crippen molar-refractivity contribution >= 4 is 17.4 Å². The Morgan fingerprint density at radius 1 is 1.44 bits per heavy atom. The standard InChI is InChI=1S/C11H14ClF3N2O/c1-2-18-5-3-4-16-10-9(12)6-8(7-17-10)11(13,14)15/h6-7H,2-5H2,1H3,(H,16,17). The van der Waals surface area contributed by atoms with Crippen LogP contribution in [-0.2, 0) is 10.9 Å². The predicted octanol–water partition coefficient (Wildman–Crippen LogP) is 3.59. The van der Waals surface area contributed by atoms with E-state index in [9.17, 15) is 13.2 Å². The van der Waals surface area contributed by atoms with Gasteiger partial charge in [0.15, 0.2) is 0 Å². The average Bonchev–Trinajstić information content (AvgIpc) is 2.29. The van der Waals surface area contributed by atoms with Crippen LogP contribution < -0.4 is 5.32 Å². The monoisotopic (exact) mass is 282 g/mol. The Labute approximate surface area is 108 Å². The number of alkyl halides is 3. The van der Waals surface area contributed by atoms with E-state index in [-0.39, 0.29) is 10.8 Å². The molecule has 7 heteroatoms. The summed E-state index contributed by atoms with van der Waals surface area (Å²) in [6.45, 7) is 3.65. The number of ether oxygens (including phenoxy) is 1. The summed E-state index contributed by atoms with van der Waals surface area (Å²) in [5.74, 6) is 0.251. The minimum absolute atomic E-state index is 0.0405.